The van der Waals surface area contributed by atoms with Crippen molar-refractivity contribution in [2.75, 3.05) is 19.3 Å². The number of aromatic nitrogens is 1. The van der Waals surface area contributed by atoms with Gasteiger partial charge in [-0.25, -0.2) is 13.2 Å². The van der Waals surface area contributed by atoms with Crippen LogP contribution >= 0.6 is 0 Å². The maximum absolute atomic E-state index is 12.5. The summed E-state index contributed by atoms with van der Waals surface area (Å²) in [7, 11) is -3.22. The zero-order chi connectivity index (χ0) is 20.1. The summed E-state index contributed by atoms with van der Waals surface area (Å²) in [4.78, 5) is 18.6. The lowest BCUT2D eigenvalue weighted by Crippen LogP contribution is -2.47. The number of carbonyl (C=O) groups is 1. The van der Waals surface area contributed by atoms with Crippen LogP contribution in [0.25, 0.3) is 0 Å². The number of ether oxygens (including phenoxy) is 1. The summed E-state index contributed by atoms with van der Waals surface area (Å²) >= 11 is 0. The molecular weight excluding hydrogens is 378 g/mol. The minimum atomic E-state index is -3.22. The van der Waals surface area contributed by atoms with Crippen LogP contribution in [0.3, 0.4) is 0 Å². The van der Waals surface area contributed by atoms with Crippen molar-refractivity contribution < 1.29 is 17.9 Å². The quantitative estimate of drug-likeness (QED) is 0.829. The molecule has 0 radical (unpaired) electrons. The van der Waals surface area contributed by atoms with Crippen LogP contribution < -0.4 is 10.1 Å². The Morgan fingerprint density at radius 2 is 1.75 bits per heavy atom. The smallest absolute Gasteiger partial charge is 0.317 e. The first-order valence-corrected chi connectivity index (χ1v) is 11.1. The lowest BCUT2D eigenvalue weighted by Gasteiger charge is -2.33. The molecule has 0 bridgehead atoms. The molecule has 1 aliphatic rings. The SMILES string of the molecule is CC(NC(=O)N1CCC(Oc2ccncc2)CC1)c1ccc(S(C)(=O)=O)cc1. The van der Waals surface area contributed by atoms with Crippen LogP contribution in [0.4, 0.5) is 4.79 Å². The second-order valence-corrected chi connectivity index (χ2v) is 9.02. The highest BCUT2D eigenvalue weighted by atomic mass is 32.2. The summed E-state index contributed by atoms with van der Waals surface area (Å²) in [6.07, 6.45) is 6.20. The minimum Gasteiger partial charge on any atom is -0.490 e. The van der Waals surface area contributed by atoms with E-state index in [0.29, 0.717) is 13.1 Å². The molecule has 1 aromatic heterocycles. The number of benzene rings is 1. The van der Waals surface area contributed by atoms with Gasteiger partial charge in [-0.15, -0.1) is 0 Å². The molecule has 8 heteroatoms. The number of likely N-dealkylation sites (tertiary alicyclic amines) is 1. The van der Waals surface area contributed by atoms with Crippen LogP contribution in [0, 0.1) is 0 Å². The van der Waals surface area contributed by atoms with Gasteiger partial charge in [-0.05, 0) is 36.8 Å². The number of nitrogens with zero attached hydrogens (tertiary/aromatic N) is 2. The van der Waals surface area contributed by atoms with Crippen molar-refractivity contribution in [3.05, 3.63) is 54.4 Å². The van der Waals surface area contributed by atoms with Gasteiger partial charge in [-0.3, -0.25) is 4.98 Å². The minimum absolute atomic E-state index is 0.0902. The first kappa shape index (κ1) is 20.1. The average molecular weight is 404 g/mol. The van der Waals surface area contributed by atoms with Gasteiger partial charge in [0, 0.05) is 44.6 Å². The Hall–Kier alpha value is -2.61. The molecular formula is C20H25N3O4S. The molecule has 3 rings (SSSR count). The van der Waals surface area contributed by atoms with Gasteiger partial charge in [-0.1, -0.05) is 12.1 Å². The van der Waals surface area contributed by atoms with Crippen molar-refractivity contribution in [3.63, 3.8) is 0 Å². The van der Waals surface area contributed by atoms with Gasteiger partial charge in [0.15, 0.2) is 9.84 Å². The second kappa shape index (κ2) is 8.60. The first-order valence-electron chi connectivity index (χ1n) is 9.25. The average Bonchev–Trinajstić information content (AvgIpc) is 2.68. The molecule has 0 spiro atoms. The predicted octanol–water partition coefficient (Wildman–Crippen LogP) is 2.80. The van der Waals surface area contributed by atoms with Gasteiger partial charge >= 0.3 is 6.03 Å². The number of pyridine rings is 1. The van der Waals surface area contributed by atoms with E-state index >= 15 is 0 Å². The van der Waals surface area contributed by atoms with Gasteiger partial charge in [-0.2, -0.15) is 0 Å². The third-order valence-corrected chi connectivity index (χ3v) is 5.96. The first-order chi connectivity index (χ1) is 13.3. The van der Waals surface area contributed by atoms with Crippen LogP contribution in [0.5, 0.6) is 5.75 Å². The molecule has 0 aliphatic carbocycles. The largest absolute Gasteiger partial charge is 0.490 e. The number of hydrogen-bond donors (Lipinski definition) is 1. The maximum Gasteiger partial charge on any atom is 0.317 e. The van der Waals surface area contributed by atoms with Crippen molar-refractivity contribution in [2.45, 2.75) is 36.8 Å². The lowest BCUT2D eigenvalue weighted by atomic mass is 10.1. The Bertz CT molecular complexity index is 893. The number of urea groups is 1. The van der Waals surface area contributed by atoms with Crippen molar-refractivity contribution in [2.24, 2.45) is 0 Å². The van der Waals surface area contributed by atoms with E-state index in [1.54, 1.807) is 41.6 Å². The highest BCUT2D eigenvalue weighted by molar-refractivity contribution is 7.90. The van der Waals surface area contributed by atoms with Gasteiger partial charge in [0.2, 0.25) is 0 Å². The standard InChI is InChI=1S/C20H25N3O4S/c1-15(16-3-5-19(6-4-16)28(2,25)26)22-20(24)23-13-9-18(10-14-23)27-17-7-11-21-12-8-17/h3-8,11-12,15,18H,9-10,13-14H2,1-2H3,(H,22,24). The number of sulfone groups is 1. The zero-order valence-corrected chi connectivity index (χ0v) is 16.9. The summed E-state index contributed by atoms with van der Waals surface area (Å²) in [5, 5.41) is 2.98. The van der Waals surface area contributed by atoms with E-state index in [0.717, 1.165) is 24.2 Å². The molecule has 1 aliphatic heterocycles. The molecule has 1 unspecified atom stereocenters. The lowest BCUT2D eigenvalue weighted by molar-refractivity contribution is 0.110. The Morgan fingerprint density at radius 1 is 1.14 bits per heavy atom. The van der Waals surface area contributed by atoms with Crippen LogP contribution in [-0.2, 0) is 9.84 Å². The third-order valence-electron chi connectivity index (χ3n) is 4.83. The summed E-state index contributed by atoms with van der Waals surface area (Å²) < 4.78 is 29.0. The van der Waals surface area contributed by atoms with Crippen LogP contribution in [0.2, 0.25) is 0 Å². The Labute approximate surface area is 165 Å². The normalized spacial score (nSPS) is 16.4. The van der Waals surface area contributed by atoms with Gasteiger partial charge < -0.3 is 15.0 Å². The van der Waals surface area contributed by atoms with Crippen LogP contribution in [0.1, 0.15) is 31.4 Å². The summed E-state index contributed by atoms with van der Waals surface area (Å²) in [5.74, 6) is 0.795. The molecule has 2 heterocycles. The zero-order valence-electron chi connectivity index (χ0n) is 16.0. The highest BCUT2D eigenvalue weighted by Crippen LogP contribution is 2.20. The molecule has 7 nitrogen and oxygen atoms in total. The topological polar surface area (TPSA) is 88.6 Å². The molecule has 1 aromatic carbocycles. The second-order valence-electron chi connectivity index (χ2n) is 7.00. The number of nitrogens with one attached hydrogen (secondary N) is 1. The number of amides is 2. The number of piperidine rings is 1. The van der Waals surface area contributed by atoms with Crippen molar-refractivity contribution in [3.8, 4) is 5.75 Å². The van der Waals surface area contributed by atoms with Gasteiger partial charge in [0.1, 0.15) is 11.9 Å². The van der Waals surface area contributed by atoms with Gasteiger partial charge in [0.25, 0.3) is 0 Å². The van der Waals surface area contributed by atoms with Crippen LogP contribution in [0.15, 0.2) is 53.7 Å². The number of hydrogen-bond acceptors (Lipinski definition) is 5. The van der Waals surface area contributed by atoms with E-state index in [9.17, 15) is 13.2 Å². The predicted molar refractivity (Wildman–Crippen MR) is 106 cm³/mol. The molecule has 2 aromatic rings. The molecule has 1 fully saturated rings. The molecule has 1 atom stereocenters. The van der Waals surface area contributed by atoms with E-state index in [4.69, 9.17) is 4.74 Å². The van der Waals surface area contributed by atoms with Crippen LogP contribution in [-0.4, -0.2) is 49.8 Å². The third kappa shape index (κ3) is 5.22. The number of rotatable bonds is 5. The fourth-order valence-corrected chi connectivity index (χ4v) is 3.78. The molecule has 28 heavy (non-hydrogen) atoms. The van der Waals surface area contributed by atoms with Crippen molar-refractivity contribution in [1.29, 1.82) is 0 Å². The van der Waals surface area contributed by atoms with Crippen molar-refractivity contribution >= 4 is 15.9 Å². The highest BCUT2D eigenvalue weighted by Gasteiger charge is 2.25. The molecule has 1 N–H and O–H groups in total. The van der Waals surface area contributed by atoms with E-state index in [1.807, 2.05) is 19.1 Å². The Morgan fingerprint density at radius 3 is 2.32 bits per heavy atom. The maximum atomic E-state index is 12.5. The van der Waals surface area contributed by atoms with E-state index in [1.165, 1.54) is 6.26 Å². The van der Waals surface area contributed by atoms with E-state index in [-0.39, 0.29) is 23.1 Å². The number of carbonyl (C=O) groups excluding carboxylic acids is 1. The fraction of sp³-hybridized carbons (Fsp3) is 0.400. The van der Waals surface area contributed by atoms with E-state index in [2.05, 4.69) is 10.3 Å². The van der Waals surface area contributed by atoms with E-state index < -0.39 is 9.84 Å². The summed E-state index contributed by atoms with van der Waals surface area (Å²) in [6.45, 7) is 3.13. The monoisotopic (exact) mass is 403 g/mol. The molecule has 1 saturated heterocycles. The Kier molecular flexibility index (Phi) is 6.18. The molecule has 150 valence electrons. The van der Waals surface area contributed by atoms with Crippen molar-refractivity contribution in [1.82, 2.24) is 15.2 Å². The summed E-state index contributed by atoms with van der Waals surface area (Å²) in [6, 6.07) is 9.91. The molecule has 0 saturated carbocycles. The summed E-state index contributed by atoms with van der Waals surface area (Å²) in [5.41, 5.74) is 0.858. The molecule has 2 amide bonds. The van der Waals surface area contributed by atoms with Gasteiger partial charge in [0.05, 0.1) is 10.9 Å². The Balaban J connectivity index is 1.50. The fourth-order valence-electron chi connectivity index (χ4n) is 3.15.